The summed E-state index contributed by atoms with van der Waals surface area (Å²) in [5.74, 6) is 0.875. The van der Waals surface area contributed by atoms with Crippen LogP contribution < -0.4 is 10.6 Å². The first-order valence-corrected chi connectivity index (χ1v) is 8.67. The van der Waals surface area contributed by atoms with Gasteiger partial charge in [-0.3, -0.25) is 4.99 Å². The van der Waals surface area contributed by atoms with E-state index in [-0.39, 0.29) is 35.8 Å². The van der Waals surface area contributed by atoms with Crippen LogP contribution in [0.3, 0.4) is 0 Å². The summed E-state index contributed by atoms with van der Waals surface area (Å²) in [7, 11) is -1.21. The highest BCUT2D eigenvalue weighted by Gasteiger charge is 2.09. The number of sulfone groups is 1. The van der Waals surface area contributed by atoms with Gasteiger partial charge in [-0.05, 0) is 26.7 Å². The predicted molar refractivity (Wildman–Crippen MR) is 94.8 cm³/mol. The average Bonchev–Trinajstić information content (AvgIpc) is 2.34. The second-order valence-electron chi connectivity index (χ2n) is 4.51. The number of guanidine groups is 1. The normalized spacial score (nSPS) is 13.5. The molecule has 1 unspecified atom stereocenters. The summed E-state index contributed by atoms with van der Waals surface area (Å²) >= 11 is 0. The Morgan fingerprint density at radius 3 is 2.55 bits per heavy atom. The van der Waals surface area contributed by atoms with E-state index in [1.54, 1.807) is 7.05 Å². The number of ether oxygens (including phenoxy) is 1. The second kappa shape index (κ2) is 12.6. The molecule has 0 saturated carbocycles. The minimum Gasteiger partial charge on any atom is -0.382 e. The molecule has 0 amide bonds. The highest BCUT2D eigenvalue weighted by molar-refractivity contribution is 14.0. The van der Waals surface area contributed by atoms with Crippen molar-refractivity contribution in [3.8, 4) is 0 Å². The molecule has 8 heteroatoms. The van der Waals surface area contributed by atoms with Crippen LogP contribution in [-0.4, -0.2) is 59.2 Å². The Morgan fingerprint density at radius 1 is 1.40 bits per heavy atom. The molecule has 2 N–H and O–H groups in total. The lowest BCUT2D eigenvalue weighted by atomic mass is 10.3. The minimum absolute atomic E-state index is 0. The fraction of sp³-hybridized carbons (Fsp3) is 0.917. The molecule has 0 aliphatic rings. The Labute approximate surface area is 140 Å². The smallest absolute Gasteiger partial charge is 0.191 e. The summed E-state index contributed by atoms with van der Waals surface area (Å²) < 4.78 is 27.4. The summed E-state index contributed by atoms with van der Waals surface area (Å²) in [6.07, 6.45) is 2.73. The molecule has 0 fully saturated rings. The zero-order chi connectivity index (χ0) is 14.7. The highest BCUT2D eigenvalue weighted by atomic mass is 127. The van der Waals surface area contributed by atoms with E-state index in [1.165, 1.54) is 6.26 Å². The first kappa shape index (κ1) is 22.2. The lowest BCUT2D eigenvalue weighted by Gasteiger charge is -2.17. The van der Waals surface area contributed by atoms with E-state index in [1.807, 2.05) is 13.8 Å². The third-order valence-corrected chi connectivity index (χ3v) is 3.47. The van der Waals surface area contributed by atoms with Crippen molar-refractivity contribution < 1.29 is 13.2 Å². The molecule has 0 radical (unpaired) electrons. The standard InChI is InChI=1S/C12H27N3O3S.HI/c1-5-18-9-6-8-14-12(13-3)15-11(2)7-10-19(4,16)17;/h11H,5-10H2,1-4H3,(H2,13,14,15);1H. The average molecular weight is 421 g/mol. The molecule has 0 aromatic rings. The highest BCUT2D eigenvalue weighted by Crippen LogP contribution is 1.95. The molecule has 122 valence electrons. The van der Waals surface area contributed by atoms with Gasteiger partial charge in [0.05, 0.1) is 5.75 Å². The predicted octanol–water partition coefficient (Wildman–Crippen LogP) is 1.02. The summed E-state index contributed by atoms with van der Waals surface area (Å²) in [6, 6.07) is 0.0628. The number of halogens is 1. The molecule has 0 bridgehead atoms. The van der Waals surface area contributed by atoms with Crippen LogP contribution in [0.1, 0.15) is 26.7 Å². The number of hydrogen-bond acceptors (Lipinski definition) is 4. The topological polar surface area (TPSA) is 79.8 Å². The van der Waals surface area contributed by atoms with E-state index in [0.717, 1.165) is 26.2 Å². The van der Waals surface area contributed by atoms with Gasteiger partial charge in [0.25, 0.3) is 0 Å². The van der Waals surface area contributed by atoms with Crippen molar-refractivity contribution in [2.45, 2.75) is 32.7 Å². The Kier molecular flexibility index (Phi) is 14.0. The molecule has 0 aliphatic heterocycles. The second-order valence-corrected chi connectivity index (χ2v) is 6.77. The Bertz CT molecular complexity index is 361. The molecule has 0 aromatic heterocycles. The summed E-state index contributed by atoms with van der Waals surface area (Å²) in [5, 5.41) is 6.33. The lowest BCUT2D eigenvalue weighted by Crippen LogP contribution is -2.43. The van der Waals surface area contributed by atoms with Crippen molar-refractivity contribution in [1.29, 1.82) is 0 Å². The fourth-order valence-corrected chi connectivity index (χ4v) is 2.20. The van der Waals surface area contributed by atoms with Crippen LogP contribution in [0.25, 0.3) is 0 Å². The third-order valence-electron chi connectivity index (χ3n) is 2.49. The van der Waals surface area contributed by atoms with Gasteiger partial charge in [0.2, 0.25) is 0 Å². The molecule has 1 atom stereocenters. The van der Waals surface area contributed by atoms with Crippen LogP contribution in [0.15, 0.2) is 4.99 Å². The molecule has 0 saturated heterocycles. The van der Waals surface area contributed by atoms with Crippen LogP contribution in [0.5, 0.6) is 0 Å². The van der Waals surface area contributed by atoms with E-state index in [2.05, 4.69) is 15.6 Å². The maximum Gasteiger partial charge on any atom is 0.191 e. The van der Waals surface area contributed by atoms with E-state index >= 15 is 0 Å². The van der Waals surface area contributed by atoms with Gasteiger partial charge in [-0.1, -0.05) is 0 Å². The summed E-state index contributed by atoms with van der Waals surface area (Å²) in [5.41, 5.74) is 0. The van der Waals surface area contributed by atoms with Gasteiger partial charge in [-0.25, -0.2) is 8.42 Å². The number of nitrogens with zero attached hydrogens (tertiary/aromatic N) is 1. The van der Waals surface area contributed by atoms with Gasteiger partial charge >= 0.3 is 0 Å². The monoisotopic (exact) mass is 421 g/mol. The van der Waals surface area contributed by atoms with Crippen molar-refractivity contribution >= 4 is 39.8 Å². The third kappa shape index (κ3) is 14.3. The Morgan fingerprint density at radius 2 is 2.05 bits per heavy atom. The van der Waals surface area contributed by atoms with Gasteiger partial charge in [-0.2, -0.15) is 0 Å². The molecule has 0 spiro atoms. The van der Waals surface area contributed by atoms with Crippen molar-refractivity contribution in [3.05, 3.63) is 0 Å². The number of aliphatic imine (C=N–C) groups is 1. The fourth-order valence-electron chi connectivity index (χ4n) is 1.42. The molecule has 0 aliphatic carbocycles. The van der Waals surface area contributed by atoms with Crippen molar-refractivity contribution in [2.24, 2.45) is 4.99 Å². The molecule has 0 rings (SSSR count). The van der Waals surface area contributed by atoms with Gasteiger partial charge in [0.15, 0.2) is 5.96 Å². The summed E-state index contributed by atoms with van der Waals surface area (Å²) in [6.45, 7) is 6.15. The first-order valence-electron chi connectivity index (χ1n) is 6.61. The van der Waals surface area contributed by atoms with E-state index in [0.29, 0.717) is 12.4 Å². The molecular weight excluding hydrogens is 393 g/mol. The molecule has 0 aromatic carbocycles. The Hall–Kier alpha value is -0.0900. The molecule has 20 heavy (non-hydrogen) atoms. The van der Waals surface area contributed by atoms with Gasteiger partial charge in [-0.15, -0.1) is 24.0 Å². The molecule has 0 heterocycles. The van der Waals surface area contributed by atoms with Crippen LogP contribution in [-0.2, 0) is 14.6 Å². The molecular formula is C12H28IN3O3S. The van der Waals surface area contributed by atoms with Gasteiger partial charge in [0, 0.05) is 39.1 Å². The van der Waals surface area contributed by atoms with Crippen LogP contribution >= 0.6 is 24.0 Å². The van der Waals surface area contributed by atoms with E-state index in [4.69, 9.17) is 4.74 Å². The van der Waals surface area contributed by atoms with Crippen molar-refractivity contribution in [3.63, 3.8) is 0 Å². The Balaban J connectivity index is 0. The number of nitrogens with one attached hydrogen (secondary N) is 2. The quantitative estimate of drug-likeness (QED) is 0.252. The van der Waals surface area contributed by atoms with Gasteiger partial charge in [0.1, 0.15) is 9.84 Å². The first-order chi connectivity index (χ1) is 8.89. The zero-order valence-electron chi connectivity index (χ0n) is 12.8. The van der Waals surface area contributed by atoms with Crippen LogP contribution in [0, 0.1) is 0 Å². The minimum atomic E-state index is -2.91. The van der Waals surface area contributed by atoms with Crippen molar-refractivity contribution in [2.75, 3.05) is 38.8 Å². The number of hydrogen-bond donors (Lipinski definition) is 2. The van der Waals surface area contributed by atoms with E-state index in [9.17, 15) is 8.42 Å². The van der Waals surface area contributed by atoms with Crippen LogP contribution in [0.4, 0.5) is 0 Å². The SMILES string of the molecule is CCOCCCNC(=NC)NC(C)CCS(C)(=O)=O.I. The number of rotatable bonds is 9. The molecule has 6 nitrogen and oxygen atoms in total. The maximum atomic E-state index is 11.1. The zero-order valence-corrected chi connectivity index (χ0v) is 16.0. The lowest BCUT2D eigenvalue weighted by molar-refractivity contribution is 0.145. The van der Waals surface area contributed by atoms with Crippen LogP contribution in [0.2, 0.25) is 0 Å². The summed E-state index contributed by atoms with van der Waals surface area (Å²) in [4.78, 5) is 4.09. The largest absolute Gasteiger partial charge is 0.382 e. The van der Waals surface area contributed by atoms with Gasteiger partial charge < -0.3 is 15.4 Å². The van der Waals surface area contributed by atoms with E-state index < -0.39 is 9.84 Å². The van der Waals surface area contributed by atoms with Crippen molar-refractivity contribution in [1.82, 2.24) is 10.6 Å². The maximum absolute atomic E-state index is 11.1.